The van der Waals surface area contributed by atoms with Crippen LogP contribution in [0.25, 0.3) is 0 Å². The maximum atomic E-state index is 12.0. The molecule has 0 N–H and O–H groups in total. The largest absolute Gasteiger partial charge is 0.467 e. The number of esters is 3. The molecule has 10 nitrogen and oxygen atoms in total. The van der Waals surface area contributed by atoms with Crippen molar-refractivity contribution in [3.8, 4) is 0 Å². The fraction of sp³-hybridized carbons (Fsp3) is 0.786. The molecule has 136 valence electrons. The highest BCUT2D eigenvalue weighted by Crippen LogP contribution is 2.39. The molecule has 2 fully saturated rings. The Kier molecular flexibility index (Phi) is 5.43. The molecule has 10 heteroatoms. The van der Waals surface area contributed by atoms with Crippen molar-refractivity contribution in [1.29, 1.82) is 0 Å². The molecule has 24 heavy (non-hydrogen) atoms. The molecule has 2 heterocycles. The van der Waals surface area contributed by atoms with Gasteiger partial charge < -0.3 is 28.4 Å². The molecular weight excluding hydrogens is 328 g/mol. The smallest absolute Gasteiger partial charge is 0.339 e. The Balaban J connectivity index is 2.37. The summed E-state index contributed by atoms with van der Waals surface area (Å²) in [7, 11) is 2.49. The van der Waals surface area contributed by atoms with Gasteiger partial charge in [0.1, 0.15) is 0 Å². The quantitative estimate of drug-likeness (QED) is 0.485. The molecule has 0 aliphatic carbocycles. The fourth-order valence-corrected chi connectivity index (χ4v) is 2.57. The number of hydrogen-bond donors (Lipinski definition) is 0. The molecule has 0 amide bonds. The number of methoxy groups -OCH3 is 2. The van der Waals surface area contributed by atoms with Gasteiger partial charge >= 0.3 is 17.9 Å². The van der Waals surface area contributed by atoms with Crippen molar-refractivity contribution in [2.24, 2.45) is 0 Å². The molecule has 0 bridgehead atoms. The van der Waals surface area contributed by atoms with Crippen molar-refractivity contribution in [3.05, 3.63) is 0 Å². The van der Waals surface area contributed by atoms with Crippen LogP contribution in [-0.2, 0) is 47.5 Å². The van der Waals surface area contributed by atoms with Gasteiger partial charge in [-0.3, -0.25) is 14.3 Å². The van der Waals surface area contributed by atoms with Crippen molar-refractivity contribution in [1.82, 2.24) is 0 Å². The SMILES string of the molecule is COC(=O)[C@H]1O[C@@H]2OC(C)(OC)O[C@@H]2[C@@H](OC(C)=O)[C@@H]1OC(C)=O. The van der Waals surface area contributed by atoms with E-state index in [-0.39, 0.29) is 0 Å². The lowest BCUT2D eigenvalue weighted by Gasteiger charge is -2.39. The minimum Gasteiger partial charge on any atom is -0.467 e. The van der Waals surface area contributed by atoms with Gasteiger partial charge in [-0.1, -0.05) is 0 Å². The summed E-state index contributed by atoms with van der Waals surface area (Å²) in [5, 5.41) is 0. The van der Waals surface area contributed by atoms with Gasteiger partial charge in [0.25, 0.3) is 5.97 Å². The number of fused-ring (bicyclic) bond motifs is 1. The van der Waals surface area contributed by atoms with Crippen LogP contribution < -0.4 is 0 Å². The maximum absolute atomic E-state index is 12.0. The second kappa shape index (κ2) is 7.01. The first-order valence-corrected chi connectivity index (χ1v) is 7.19. The predicted molar refractivity (Wildman–Crippen MR) is 73.2 cm³/mol. The Morgan fingerprint density at radius 1 is 0.958 bits per heavy atom. The Hall–Kier alpha value is -1.75. The van der Waals surface area contributed by atoms with Crippen molar-refractivity contribution in [3.63, 3.8) is 0 Å². The molecular formula is C14H20O10. The number of ether oxygens (including phenoxy) is 7. The van der Waals surface area contributed by atoms with Gasteiger partial charge in [-0.2, -0.15) is 0 Å². The van der Waals surface area contributed by atoms with E-state index in [1.165, 1.54) is 21.0 Å². The Morgan fingerprint density at radius 3 is 2.04 bits per heavy atom. The average Bonchev–Trinajstić information content (AvgIpc) is 2.85. The van der Waals surface area contributed by atoms with Crippen LogP contribution in [0.15, 0.2) is 0 Å². The van der Waals surface area contributed by atoms with Crippen molar-refractivity contribution in [2.45, 2.75) is 57.5 Å². The van der Waals surface area contributed by atoms with Crippen LogP contribution in [0.3, 0.4) is 0 Å². The number of rotatable bonds is 4. The molecule has 1 unspecified atom stereocenters. The van der Waals surface area contributed by atoms with Crippen molar-refractivity contribution < 1.29 is 47.5 Å². The van der Waals surface area contributed by atoms with Crippen LogP contribution in [0.5, 0.6) is 0 Å². The lowest BCUT2D eigenvalue weighted by atomic mass is 9.98. The fourth-order valence-electron chi connectivity index (χ4n) is 2.57. The first-order chi connectivity index (χ1) is 11.2. The van der Waals surface area contributed by atoms with Crippen LogP contribution in [0.2, 0.25) is 0 Å². The summed E-state index contributed by atoms with van der Waals surface area (Å²) in [6, 6.07) is 0. The minimum absolute atomic E-state index is 0.656. The topological polar surface area (TPSA) is 116 Å². The molecule has 6 atom stereocenters. The van der Waals surface area contributed by atoms with Crippen LogP contribution in [0.1, 0.15) is 20.8 Å². The van der Waals surface area contributed by atoms with Gasteiger partial charge in [0.15, 0.2) is 30.7 Å². The highest BCUT2D eigenvalue weighted by Gasteiger charge is 2.60. The second-order valence-corrected chi connectivity index (χ2v) is 5.36. The van der Waals surface area contributed by atoms with E-state index in [1.807, 2.05) is 0 Å². The van der Waals surface area contributed by atoms with E-state index in [9.17, 15) is 14.4 Å². The summed E-state index contributed by atoms with van der Waals surface area (Å²) in [4.78, 5) is 34.9. The van der Waals surface area contributed by atoms with E-state index in [0.717, 1.165) is 14.0 Å². The van der Waals surface area contributed by atoms with Gasteiger partial charge in [0, 0.05) is 27.9 Å². The van der Waals surface area contributed by atoms with Crippen LogP contribution in [-0.4, -0.2) is 68.8 Å². The minimum atomic E-state index is -1.47. The van der Waals surface area contributed by atoms with Gasteiger partial charge in [-0.25, -0.2) is 4.79 Å². The van der Waals surface area contributed by atoms with Gasteiger partial charge in [0.05, 0.1) is 7.11 Å². The number of hydrogen-bond acceptors (Lipinski definition) is 10. The number of carbonyl (C=O) groups excluding carboxylic acids is 3. The Bertz CT molecular complexity index is 520. The third-order valence-corrected chi connectivity index (χ3v) is 3.58. The van der Waals surface area contributed by atoms with Gasteiger partial charge in [0.2, 0.25) is 0 Å². The zero-order valence-corrected chi connectivity index (χ0v) is 14.0. The van der Waals surface area contributed by atoms with E-state index >= 15 is 0 Å². The van der Waals surface area contributed by atoms with Crippen molar-refractivity contribution in [2.75, 3.05) is 14.2 Å². The normalized spacial score (nSPS) is 38.1. The van der Waals surface area contributed by atoms with Crippen LogP contribution in [0.4, 0.5) is 0 Å². The third-order valence-electron chi connectivity index (χ3n) is 3.58. The summed E-state index contributed by atoms with van der Waals surface area (Å²) in [5.41, 5.74) is 0. The zero-order chi connectivity index (χ0) is 18.1. The molecule has 0 spiro atoms. The molecule has 2 rings (SSSR count). The maximum Gasteiger partial charge on any atom is 0.339 e. The standard InChI is InChI=1S/C14H20O10/c1-6(15)20-8-9(21-7(2)16)11-13(22-10(8)12(17)18-4)24-14(3,19-5)23-11/h8-11,13H,1-5H3/t8-,9-,10-,11+,13+,14?/m0/s1. The highest BCUT2D eigenvalue weighted by atomic mass is 16.9. The lowest BCUT2D eigenvalue weighted by molar-refractivity contribution is -0.333. The molecule has 0 aromatic carbocycles. The van der Waals surface area contributed by atoms with E-state index in [4.69, 9.17) is 28.4 Å². The monoisotopic (exact) mass is 348 g/mol. The van der Waals surface area contributed by atoms with Crippen LogP contribution in [0, 0.1) is 0 Å². The van der Waals surface area contributed by atoms with Crippen molar-refractivity contribution >= 4 is 17.9 Å². The molecule has 0 aromatic rings. The molecule has 0 aromatic heterocycles. The predicted octanol–water partition coefficient (Wildman–Crippen LogP) is -0.517. The molecule has 0 saturated carbocycles. The summed E-state index contributed by atoms with van der Waals surface area (Å²) in [6.07, 6.45) is -5.82. The van der Waals surface area contributed by atoms with Crippen LogP contribution >= 0.6 is 0 Å². The summed E-state index contributed by atoms with van der Waals surface area (Å²) in [5.74, 6) is -3.64. The van der Waals surface area contributed by atoms with E-state index in [2.05, 4.69) is 4.74 Å². The van der Waals surface area contributed by atoms with E-state index in [1.54, 1.807) is 0 Å². The summed E-state index contributed by atoms with van der Waals surface area (Å²) < 4.78 is 36.7. The molecule has 2 aliphatic rings. The molecule has 0 radical (unpaired) electrons. The summed E-state index contributed by atoms with van der Waals surface area (Å²) >= 11 is 0. The average molecular weight is 348 g/mol. The Morgan fingerprint density at radius 2 is 1.54 bits per heavy atom. The lowest BCUT2D eigenvalue weighted by Crippen LogP contribution is -2.61. The van der Waals surface area contributed by atoms with E-state index in [0.29, 0.717) is 0 Å². The summed E-state index contributed by atoms with van der Waals surface area (Å²) in [6.45, 7) is 3.80. The molecule has 2 saturated heterocycles. The number of carbonyl (C=O) groups is 3. The molecule has 2 aliphatic heterocycles. The third kappa shape index (κ3) is 3.66. The van der Waals surface area contributed by atoms with E-state index < -0.39 is 54.6 Å². The Labute approximate surface area is 138 Å². The highest BCUT2D eigenvalue weighted by molar-refractivity contribution is 5.77. The van der Waals surface area contributed by atoms with Gasteiger partial charge in [-0.15, -0.1) is 0 Å². The second-order valence-electron chi connectivity index (χ2n) is 5.36. The zero-order valence-electron chi connectivity index (χ0n) is 14.0. The first kappa shape index (κ1) is 18.6. The first-order valence-electron chi connectivity index (χ1n) is 7.19. The van der Waals surface area contributed by atoms with Gasteiger partial charge in [-0.05, 0) is 0 Å².